The van der Waals surface area contributed by atoms with Crippen molar-refractivity contribution in [1.82, 2.24) is 19.9 Å². The molecule has 0 saturated carbocycles. The van der Waals surface area contributed by atoms with Crippen molar-refractivity contribution in [1.29, 1.82) is 0 Å². The summed E-state index contributed by atoms with van der Waals surface area (Å²) in [5, 5.41) is 0. The average Bonchev–Trinajstić information content (AvgIpc) is 2.70. The molecule has 6 nitrogen and oxygen atoms in total. The maximum absolute atomic E-state index is 13.3. The number of hydrogen-bond donors (Lipinski definition) is 1. The average molecular weight is 497 g/mol. The Morgan fingerprint density at radius 2 is 1.64 bits per heavy atom. The summed E-state index contributed by atoms with van der Waals surface area (Å²) in [6.07, 6.45) is 0.255. The van der Waals surface area contributed by atoms with E-state index in [1.54, 1.807) is 0 Å². The maximum Gasteiger partial charge on any atom is 0.416 e. The smallest absolute Gasteiger partial charge is 0.366 e. The number of hydrogen-bond acceptors (Lipinski definition) is 5. The van der Waals surface area contributed by atoms with Gasteiger partial charge in [-0.1, -0.05) is 19.4 Å². The lowest BCUT2D eigenvalue weighted by Crippen LogP contribution is -2.13. The number of benzene rings is 1. The highest BCUT2D eigenvalue weighted by Crippen LogP contribution is 3.02. The SMILES string of the molecule is NC(=O)/C(=C\c1ccnc(-c2cc(C(F)(F)F)cc(S(F)(F)(F)(F)F)c2)n1)c1cncnc1. The lowest BCUT2D eigenvalue weighted by molar-refractivity contribution is -0.137. The van der Waals surface area contributed by atoms with Crippen molar-refractivity contribution >= 4 is 27.8 Å². The molecular weight excluding hydrogens is 486 g/mol. The molecule has 0 unspecified atom stereocenters. The highest BCUT2D eigenvalue weighted by atomic mass is 32.5. The minimum absolute atomic E-state index is 0.146. The number of alkyl halides is 3. The second kappa shape index (κ2) is 7.19. The van der Waals surface area contributed by atoms with Crippen LogP contribution in [0.2, 0.25) is 0 Å². The molecule has 1 aromatic carbocycles. The molecule has 0 spiro atoms. The number of primary amides is 1. The highest BCUT2D eigenvalue weighted by molar-refractivity contribution is 8.45. The number of aromatic nitrogens is 4. The van der Waals surface area contributed by atoms with E-state index in [0.717, 1.165) is 24.7 Å². The molecule has 2 heterocycles. The van der Waals surface area contributed by atoms with Gasteiger partial charge in [0.15, 0.2) is 5.82 Å². The van der Waals surface area contributed by atoms with Crippen LogP contribution in [-0.2, 0) is 11.0 Å². The second-order valence-corrected chi connectivity index (χ2v) is 8.98. The van der Waals surface area contributed by atoms with Gasteiger partial charge >= 0.3 is 16.4 Å². The highest BCUT2D eigenvalue weighted by Gasteiger charge is 2.66. The maximum atomic E-state index is 13.3. The number of halogens is 8. The van der Waals surface area contributed by atoms with Gasteiger partial charge in [0.1, 0.15) is 11.2 Å². The van der Waals surface area contributed by atoms with Gasteiger partial charge in [-0.3, -0.25) is 4.79 Å². The Balaban J connectivity index is 2.19. The molecule has 1 amide bonds. The molecule has 0 atom stereocenters. The topological polar surface area (TPSA) is 94.7 Å². The summed E-state index contributed by atoms with van der Waals surface area (Å²) in [6.45, 7) is 0. The normalized spacial score (nSPS) is 15.0. The Bertz CT molecular complexity index is 1260. The minimum atomic E-state index is -10.5. The van der Waals surface area contributed by atoms with E-state index in [0.29, 0.717) is 0 Å². The van der Waals surface area contributed by atoms with E-state index in [1.807, 2.05) is 0 Å². The summed E-state index contributed by atoms with van der Waals surface area (Å²) in [5.41, 5.74) is 2.16. The van der Waals surface area contributed by atoms with E-state index in [4.69, 9.17) is 5.73 Å². The van der Waals surface area contributed by atoms with Gasteiger partial charge in [-0.15, -0.1) is 0 Å². The summed E-state index contributed by atoms with van der Waals surface area (Å²) in [7, 11) is -10.5. The largest absolute Gasteiger partial charge is 0.416 e. The summed E-state index contributed by atoms with van der Waals surface area (Å²) < 4.78 is 106. The number of amides is 1. The minimum Gasteiger partial charge on any atom is -0.366 e. The number of rotatable bonds is 5. The van der Waals surface area contributed by atoms with Crippen molar-refractivity contribution in [3.05, 3.63) is 66.0 Å². The lowest BCUT2D eigenvalue weighted by Gasteiger charge is -2.41. The first kappa shape index (κ1) is 24.0. The Kier molecular flexibility index (Phi) is 5.24. The fraction of sp³-hybridized carbons (Fsp3) is 0.0556. The van der Waals surface area contributed by atoms with Gasteiger partial charge in [0.2, 0.25) is 5.91 Å². The van der Waals surface area contributed by atoms with Gasteiger partial charge < -0.3 is 5.73 Å². The van der Waals surface area contributed by atoms with Crippen LogP contribution in [0, 0.1) is 0 Å². The van der Waals surface area contributed by atoms with Gasteiger partial charge in [0.05, 0.1) is 16.8 Å². The second-order valence-electron chi connectivity index (χ2n) is 6.57. The van der Waals surface area contributed by atoms with Gasteiger partial charge in [-0.25, -0.2) is 19.9 Å². The molecule has 0 bridgehead atoms. The van der Waals surface area contributed by atoms with Crippen molar-refractivity contribution in [3.63, 3.8) is 0 Å². The van der Waals surface area contributed by atoms with E-state index >= 15 is 0 Å². The van der Waals surface area contributed by atoms with Crippen molar-refractivity contribution in [3.8, 4) is 11.4 Å². The molecular formula is C18H11F8N5OS. The summed E-state index contributed by atoms with van der Waals surface area (Å²) >= 11 is 0. The third-order valence-corrected chi connectivity index (χ3v) is 5.17. The van der Waals surface area contributed by atoms with Gasteiger partial charge in [0, 0.05) is 29.7 Å². The molecule has 0 radical (unpaired) electrons. The van der Waals surface area contributed by atoms with Crippen LogP contribution < -0.4 is 5.73 Å². The molecule has 0 aliphatic rings. The Morgan fingerprint density at radius 3 is 2.18 bits per heavy atom. The standard InChI is InChI=1S/C18H11F8N5OS/c19-18(20,21)12-3-10(4-14(5-12)33(22,23,24,25)26)17-30-2-1-13(31-17)6-15(16(27)32)11-7-28-9-29-8-11/h1-9H,(H2,27,32)/b15-6-. The predicted octanol–water partition coefficient (Wildman–Crippen LogP) is 5.64. The molecule has 0 aliphatic heterocycles. The van der Waals surface area contributed by atoms with Crippen LogP contribution in [0.3, 0.4) is 0 Å². The molecule has 3 aromatic rings. The molecule has 3 rings (SSSR count). The van der Waals surface area contributed by atoms with E-state index in [1.165, 1.54) is 12.4 Å². The summed E-state index contributed by atoms with van der Waals surface area (Å²) in [4.78, 5) is 23.8. The first-order valence-corrected chi connectivity index (χ1v) is 10.5. The van der Waals surface area contributed by atoms with E-state index in [2.05, 4.69) is 19.9 Å². The molecule has 0 saturated heterocycles. The summed E-state index contributed by atoms with van der Waals surface area (Å²) in [5.74, 6) is -1.70. The number of nitrogens with zero attached hydrogens (tertiary/aromatic N) is 4. The van der Waals surface area contributed by atoms with Crippen LogP contribution in [0.4, 0.5) is 32.6 Å². The summed E-state index contributed by atoms with van der Waals surface area (Å²) in [6, 6.07) is 0.528. The van der Waals surface area contributed by atoms with Crippen molar-refractivity contribution in [2.45, 2.75) is 11.1 Å². The Hall–Kier alpha value is -3.62. The van der Waals surface area contributed by atoms with E-state index in [9.17, 15) is 37.4 Å². The third kappa shape index (κ3) is 5.79. The fourth-order valence-corrected chi connectivity index (χ4v) is 3.29. The molecule has 33 heavy (non-hydrogen) atoms. The Morgan fingerprint density at radius 1 is 1.00 bits per heavy atom. The van der Waals surface area contributed by atoms with Crippen molar-refractivity contribution < 1.29 is 37.4 Å². The van der Waals surface area contributed by atoms with Crippen LogP contribution in [0.1, 0.15) is 16.8 Å². The van der Waals surface area contributed by atoms with Crippen molar-refractivity contribution in [2.75, 3.05) is 0 Å². The quantitative estimate of drug-likeness (QED) is 0.364. The lowest BCUT2D eigenvalue weighted by atomic mass is 10.1. The van der Waals surface area contributed by atoms with Crippen LogP contribution in [-0.4, -0.2) is 25.8 Å². The molecule has 0 aliphatic carbocycles. The zero-order chi connectivity index (χ0) is 24.7. The van der Waals surface area contributed by atoms with Crippen LogP contribution in [0.15, 0.2) is 54.1 Å². The molecule has 2 N–H and O–H groups in total. The number of nitrogens with two attached hydrogens (primary N) is 1. The monoisotopic (exact) mass is 497 g/mol. The molecule has 176 valence electrons. The molecule has 2 aromatic heterocycles. The number of carbonyl (C=O) groups is 1. The zero-order valence-electron chi connectivity index (χ0n) is 15.9. The van der Waals surface area contributed by atoms with Gasteiger partial charge in [-0.05, 0) is 30.3 Å². The molecule has 0 fully saturated rings. The first-order valence-electron chi connectivity index (χ1n) is 8.51. The van der Waals surface area contributed by atoms with E-state index in [-0.39, 0.29) is 29.0 Å². The van der Waals surface area contributed by atoms with Gasteiger partial charge in [0.25, 0.3) is 0 Å². The van der Waals surface area contributed by atoms with Crippen LogP contribution in [0.5, 0.6) is 0 Å². The van der Waals surface area contributed by atoms with Gasteiger partial charge in [-0.2, -0.15) is 13.2 Å². The van der Waals surface area contributed by atoms with Crippen LogP contribution in [0.25, 0.3) is 23.0 Å². The third-order valence-electron chi connectivity index (χ3n) is 4.04. The predicted molar refractivity (Wildman–Crippen MR) is 103 cm³/mol. The molecule has 15 heteroatoms. The Labute approximate surface area is 179 Å². The first-order chi connectivity index (χ1) is 14.9. The zero-order valence-corrected chi connectivity index (χ0v) is 16.7. The van der Waals surface area contributed by atoms with E-state index < -0.39 is 50.2 Å². The van der Waals surface area contributed by atoms with Crippen LogP contribution >= 0.6 is 10.2 Å². The van der Waals surface area contributed by atoms with Crippen molar-refractivity contribution in [2.24, 2.45) is 5.73 Å². The number of carbonyl (C=O) groups excluding carboxylic acids is 1. The fourth-order valence-electron chi connectivity index (χ4n) is 2.59.